The summed E-state index contributed by atoms with van der Waals surface area (Å²) in [7, 11) is 1.49. The number of hydrogen-bond donors (Lipinski definition) is 2. The molecule has 0 atom stereocenters. The van der Waals surface area contributed by atoms with Crippen LogP contribution in [0.5, 0.6) is 11.5 Å². The molecule has 1 fully saturated rings. The van der Waals surface area contributed by atoms with E-state index in [0.717, 1.165) is 12.1 Å². The summed E-state index contributed by atoms with van der Waals surface area (Å²) in [5.41, 5.74) is 0.0306. The van der Waals surface area contributed by atoms with E-state index in [1.165, 1.54) is 25.4 Å². The summed E-state index contributed by atoms with van der Waals surface area (Å²) in [5, 5.41) is 5.19. The van der Waals surface area contributed by atoms with Crippen LogP contribution in [0.4, 0.5) is 25.1 Å². The molecule has 2 heterocycles. The van der Waals surface area contributed by atoms with Crippen molar-refractivity contribution in [3.05, 3.63) is 42.1 Å². The van der Waals surface area contributed by atoms with Gasteiger partial charge in [-0.05, 0) is 6.07 Å². The normalized spacial score (nSPS) is 14.0. The third kappa shape index (κ3) is 4.17. The van der Waals surface area contributed by atoms with Gasteiger partial charge in [-0.2, -0.15) is 0 Å². The highest BCUT2D eigenvalue weighted by Crippen LogP contribution is 2.29. The van der Waals surface area contributed by atoms with Gasteiger partial charge in [-0.25, -0.2) is 18.6 Å². The van der Waals surface area contributed by atoms with E-state index in [9.17, 15) is 13.6 Å². The van der Waals surface area contributed by atoms with Crippen LogP contribution in [-0.4, -0.2) is 49.3 Å². The summed E-state index contributed by atoms with van der Waals surface area (Å²) in [6.07, 6.45) is 1.40. The third-order valence-corrected chi connectivity index (χ3v) is 3.78. The lowest BCUT2D eigenvalue weighted by Gasteiger charge is -2.26. The van der Waals surface area contributed by atoms with Crippen molar-refractivity contribution in [3.8, 4) is 11.5 Å². The minimum Gasteiger partial charge on any atom is -0.454 e. The number of ether oxygens (including phenoxy) is 2. The van der Waals surface area contributed by atoms with Gasteiger partial charge in [-0.15, -0.1) is 0 Å². The Bertz CT molecular complexity index is 798. The maximum Gasteiger partial charge on any atom is 0.323 e. The van der Waals surface area contributed by atoms with Gasteiger partial charge in [-0.1, -0.05) is 0 Å². The van der Waals surface area contributed by atoms with E-state index in [1.807, 2.05) is 0 Å². The van der Waals surface area contributed by atoms with Crippen molar-refractivity contribution in [2.45, 2.75) is 0 Å². The van der Waals surface area contributed by atoms with Crippen molar-refractivity contribution in [1.29, 1.82) is 0 Å². The number of halogens is 2. The number of amides is 2. The van der Waals surface area contributed by atoms with Crippen LogP contribution >= 0.6 is 0 Å². The van der Waals surface area contributed by atoms with E-state index in [1.54, 1.807) is 4.90 Å². The number of nitrogens with zero attached hydrogens (tertiary/aromatic N) is 2. The zero-order chi connectivity index (χ0) is 18.5. The summed E-state index contributed by atoms with van der Waals surface area (Å²) in [6, 6.07) is 4.56. The molecule has 0 aliphatic carbocycles. The molecule has 2 aromatic rings. The first-order valence-corrected chi connectivity index (χ1v) is 8.01. The largest absolute Gasteiger partial charge is 0.454 e. The fraction of sp³-hybridized carbons (Fsp3) is 0.294. The number of carbonyl (C=O) groups is 1. The second kappa shape index (κ2) is 7.96. The van der Waals surface area contributed by atoms with Crippen LogP contribution < -0.4 is 15.4 Å². The van der Waals surface area contributed by atoms with Gasteiger partial charge in [0.1, 0.15) is 17.4 Å². The maximum atomic E-state index is 14.0. The van der Waals surface area contributed by atoms with Gasteiger partial charge in [-0.3, -0.25) is 5.32 Å². The van der Waals surface area contributed by atoms with Crippen LogP contribution in [0.3, 0.4) is 0 Å². The van der Waals surface area contributed by atoms with E-state index >= 15 is 0 Å². The fourth-order valence-corrected chi connectivity index (χ4v) is 2.42. The first-order valence-electron chi connectivity index (χ1n) is 8.01. The molecule has 7 nitrogen and oxygen atoms in total. The second-order valence-corrected chi connectivity index (χ2v) is 5.52. The van der Waals surface area contributed by atoms with Gasteiger partial charge >= 0.3 is 6.03 Å². The van der Waals surface area contributed by atoms with Crippen LogP contribution in [0.25, 0.3) is 0 Å². The molecule has 1 aliphatic rings. The third-order valence-electron chi connectivity index (χ3n) is 3.78. The molecule has 0 radical (unpaired) electrons. The lowest BCUT2D eigenvalue weighted by molar-refractivity contribution is 0.0564. The Balaban J connectivity index is 1.71. The molecule has 26 heavy (non-hydrogen) atoms. The van der Waals surface area contributed by atoms with E-state index < -0.39 is 11.6 Å². The summed E-state index contributed by atoms with van der Waals surface area (Å²) < 4.78 is 38.4. The van der Waals surface area contributed by atoms with Gasteiger partial charge in [0.2, 0.25) is 0 Å². The van der Waals surface area contributed by atoms with Crippen molar-refractivity contribution in [2.24, 2.45) is 0 Å². The molecule has 138 valence electrons. The Labute approximate surface area is 148 Å². The number of aromatic nitrogens is 1. The van der Waals surface area contributed by atoms with E-state index in [-0.39, 0.29) is 29.0 Å². The van der Waals surface area contributed by atoms with Crippen molar-refractivity contribution < 1.29 is 23.0 Å². The molecule has 9 heteroatoms. The summed E-state index contributed by atoms with van der Waals surface area (Å²) >= 11 is 0. The monoisotopic (exact) mass is 364 g/mol. The number of rotatable bonds is 4. The minimum absolute atomic E-state index is 0.0306. The topological polar surface area (TPSA) is 75.7 Å². The molecule has 1 aromatic heterocycles. The van der Waals surface area contributed by atoms with E-state index in [2.05, 4.69) is 15.6 Å². The van der Waals surface area contributed by atoms with Gasteiger partial charge < -0.3 is 19.7 Å². The lowest BCUT2D eigenvalue weighted by Crippen LogP contribution is -2.43. The van der Waals surface area contributed by atoms with Crippen LogP contribution in [0.15, 0.2) is 30.5 Å². The summed E-state index contributed by atoms with van der Waals surface area (Å²) in [6.45, 7) is 1.95. The average molecular weight is 364 g/mol. The van der Waals surface area contributed by atoms with Crippen LogP contribution in [0, 0.1) is 11.6 Å². The number of pyridine rings is 1. The molecule has 0 spiro atoms. The van der Waals surface area contributed by atoms with Crippen molar-refractivity contribution >= 4 is 17.5 Å². The van der Waals surface area contributed by atoms with Gasteiger partial charge in [0.15, 0.2) is 11.6 Å². The van der Waals surface area contributed by atoms with Gasteiger partial charge in [0.25, 0.3) is 0 Å². The Morgan fingerprint density at radius 2 is 2.00 bits per heavy atom. The zero-order valence-electron chi connectivity index (χ0n) is 14.1. The summed E-state index contributed by atoms with van der Waals surface area (Å²) in [5.74, 6) is -1.16. The SMILES string of the molecule is CNc1cc(F)c(Oc2ccnc(NC(=O)N3CCOCC3)c2)cc1F. The number of carbonyl (C=O) groups excluding carboxylic acids is 1. The van der Waals surface area contributed by atoms with E-state index in [0.29, 0.717) is 26.3 Å². The fourth-order valence-electron chi connectivity index (χ4n) is 2.42. The number of hydrogen-bond acceptors (Lipinski definition) is 5. The molecule has 0 unspecified atom stereocenters. The van der Waals surface area contributed by atoms with Crippen LogP contribution in [0.2, 0.25) is 0 Å². The van der Waals surface area contributed by atoms with Crippen molar-refractivity contribution in [3.63, 3.8) is 0 Å². The molecule has 3 rings (SSSR count). The smallest absolute Gasteiger partial charge is 0.323 e. The Morgan fingerprint density at radius 3 is 2.73 bits per heavy atom. The Kier molecular flexibility index (Phi) is 5.47. The highest BCUT2D eigenvalue weighted by atomic mass is 19.1. The number of urea groups is 1. The number of morpholine rings is 1. The Hall–Kier alpha value is -2.94. The average Bonchev–Trinajstić information content (AvgIpc) is 2.65. The van der Waals surface area contributed by atoms with Crippen LogP contribution in [0.1, 0.15) is 0 Å². The number of anilines is 2. The predicted octanol–water partition coefficient (Wildman–Crippen LogP) is 3.06. The molecule has 2 amide bonds. The molecular formula is C17H18F2N4O3. The molecule has 1 saturated heterocycles. The zero-order valence-corrected chi connectivity index (χ0v) is 14.1. The standard InChI is InChI=1S/C17H18F2N4O3/c1-20-14-9-13(19)15(10-12(14)18)26-11-2-3-21-16(8-11)22-17(24)23-4-6-25-7-5-23/h2-3,8-10,20H,4-7H2,1H3,(H,21,22,24). The molecule has 0 saturated carbocycles. The summed E-state index contributed by atoms with van der Waals surface area (Å²) in [4.78, 5) is 17.8. The minimum atomic E-state index is -0.716. The number of nitrogens with one attached hydrogen (secondary N) is 2. The maximum absolute atomic E-state index is 14.0. The highest BCUT2D eigenvalue weighted by molar-refractivity contribution is 5.88. The van der Waals surface area contributed by atoms with Crippen LogP contribution in [-0.2, 0) is 4.74 Å². The predicted molar refractivity (Wildman–Crippen MR) is 91.6 cm³/mol. The molecular weight excluding hydrogens is 346 g/mol. The highest BCUT2D eigenvalue weighted by Gasteiger charge is 2.17. The van der Waals surface area contributed by atoms with Gasteiger partial charge in [0.05, 0.1) is 18.9 Å². The number of benzene rings is 1. The first kappa shape index (κ1) is 17.9. The molecule has 0 bridgehead atoms. The van der Waals surface area contributed by atoms with Crippen molar-refractivity contribution in [1.82, 2.24) is 9.88 Å². The molecule has 1 aromatic carbocycles. The molecule has 2 N–H and O–H groups in total. The van der Waals surface area contributed by atoms with E-state index in [4.69, 9.17) is 9.47 Å². The first-order chi connectivity index (χ1) is 12.6. The van der Waals surface area contributed by atoms with Crippen molar-refractivity contribution in [2.75, 3.05) is 44.0 Å². The quantitative estimate of drug-likeness (QED) is 0.872. The Morgan fingerprint density at radius 1 is 1.23 bits per heavy atom. The van der Waals surface area contributed by atoms with Gasteiger partial charge in [0, 0.05) is 44.5 Å². The lowest BCUT2D eigenvalue weighted by atomic mass is 10.2. The second-order valence-electron chi connectivity index (χ2n) is 5.52. The molecule has 1 aliphatic heterocycles.